The lowest BCUT2D eigenvalue weighted by molar-refractivity contribution is -0.435. The summed E-state index contributed by atoms with van der Waals surface area (Å²) in [6, 6.07) is 0. The molecule has 0 amide bonds. The van der Waals surface area contributed by atoms with Crippen molar-refractivity contribution in [2.45, 2.75) is 86.9 Å². The largest absolute Gasteiger partial charge is 0.394 e. The van der Waals surface area contributed by atoms with Gasteiger partial charge in [0.05, 0.1) is 13.2 Å². The SMILES string of the molecule is CCCCC[C@@]1(OC2(CO)O[C@H](CO)[C@@H](O)[C@@H]2O)O[C@H](CO)[C@@H](O)[C@H](O)[C@H]1O. The number of rotatable bonds is 9. The summed E-state index contributed by atoms with van der Waals surface area (Å²) in [7, 11) is 0. The highest BCUT2D eigenvalue weighted by molar-refractivity contribution is 5.02. The molecule has 0 aromatic rings. The van der Waals surface area contributed by atoms with Crippen molar-refractivity contribution in [1.82, 2.24) is 0 Å². The zero-order valence-electron chi connectivity index (χ0n) is 15.8. The van der Waals surface area contributed by atoms with E-state index in [1.54, 1.807) is 0 Å². The van der Waals surface area contributed by atoms with Crippen LogP contribution in [0.5, 0.6) is 0 Å². The maximum absolute atomic E-state index is 10.6. The lowest BCUT2D eigenvalue weighted by Crippen LogP contribution is -2.69. The van der Waals surface area contributed by atoms with E-state index in [4.69, 9.17) is 14.2 Å². The number of hydrogen-bond acceptors (Lipinski definition) is 11. The van der Waals surface area contributed by atoms with Crippen molar-refractivity contribution in [3.8, 4) is 0 Å². The van der Waals surface area contributed by atoms with Crippen LogP contribution in [0.4, 0.5) is 0 Å². The molecule has 8 N–H and O–H groups in total. The second kappa shape index (κ2) is 9.58. The van der Waals surface area contributed by atoms with Crippen molar-refractivity contribution >= 4 is 0 Å². The van der Waals surface area contributed by atoms with Crippen molar-refractivity contribution in [3.63, 3.8) is 0 Å². The van der Waals surface area contributed by atoms with Gasteiger partial charge in [-0.25, -0.2) is 0 Å². The molecule has 0 radical (unpaired) electrons. The molecule has 0 bridgehead atoms. The molecule has 28 heavy (non-hydrogen) atoms. The van der Waals surface area contributed by atoms with Crippen LogP contribution >= 0.6 is 0 Å². The molecular formula is C17H32O11. The molecule has 2 aliphatic heterocycles. The van der Waals surface area contributed by atoms with Crippen molar-refractivity contribution < 1.29 is 55.1 Å². The Bertz CT molecular complexity index is 492. The summed E-state index contributed by atoms with van der Waals surface area (Å²) in [4.78, 5) is 0. The zero-order chi connectivity index (χ0) is 21.1. The van der Waals surface area contributed by atoms with Crippen LogP contribution < -0.4 is 0 Å². The van der Waals surface area contributed by atoms with Gasteiger partial charge in [0.2, 0.25) is 11.6 Å². The Kier molecular flexibility index (Phi) is 8.15. The fourth-order valence-electron chi connectivity index (χ4n) is 3.72. The van der Waals surface area contributed by atoms with Gasteiger partial charge in [0.15, 0.2) is 0 Å². The molecule has 2 aliphatic rings. The molecule has 1 unspecified atom stereocenters. The third-order valence-corrected chi connectivity index (χ3v) is 5.42. The van der Waals surface area contributed by atoms with Gasteiger partial charge in [-0.3, -0.25) is 0 Å². The van der Waals surface area contributed by atoms with E-state index in [9.17, 15) is 40.9 Å². The van der Waals surface area contributed by atoms with Gasteiger partial charge < -0.3 is 55.1 Å². The molecule has 11 heteroatoms. The average molecular weight is 412 g/mol. The molecule has 2 fully saturated rings. The third-order valence-electron chi connectivity index (χ3n) is 5.42. The Hall–Kier alpha value is -0.440. The molecule has 166 valence electrons. The minimum absolute atomic E-state index is 0.0278. The summed E-state index contributed by atoms with van der Waals surface area (Å²) in [5, 5.41) is 80.0. The Morgan fingerprint density at radius 2 is 1.29 bits per heavy atom. The maximum atomic E-state index is 10.6. The fourth-order valence-corrected chi connectivity index (χ4v) is 3.72. The van der Waals surface area contributed by atoms with Gasteiger partial charge in [-0.15, -0.1) is 0 Å². The Balaban J connectivity index is 2.39. The van der Waals surface area contributed by atoms with E-state index in [1.807, 2.05) is 6.92 Å². The lowest BCUT2D eigenvalue weighted by atomic mass is 9.88. The number of hydrogen-bond donors (Lipinski definition) is 8. The number of ether oxygens (including phenoxy) is 3. The molecule has 0 aromatic heterocycles. The van der Waals surface area contributed by atoms with E-state index in [1.165, 1.54) is 0 Å². The topological polar surface area (TPSA) is 190 Å². The van der Waals surface area contributed by atoms with Crippen LogP contribution in [0.25, 0.3) is 0 Å². The first kappa shape index (κ1) is 23.8. The van der Waals surface area contributed by atoms with Gasteiger partial charge >= 0.3 is 0 Å². The zero-order valence-corrected chi connectivity index (χ0v) is 15.8. The van der Waals surface area contributed by atoms with Crippen LogP contribution in [0.2, 0.25) is 0 Å². The molecule has 2 heterocycles. The molecule has 2 saturated heterocycles. The van der Waals surface area contributed by atoms with Crippen molar-refractivity contribution in [1.29, 1.82) is 0 Å². The highest BCUT2D eigenvalue weighted by Crippen LogP contribution is 2.43. The predicted octanol–water partition coefficient (Wildman–Crippen LogP) is -3.45. The van der Waals surface area contributed by atoms with E-state index in [0.717, 1.165) is 6.42 Å². The summed E-state index contributed by atoms with van der Waals surface area (Å²) >= 11 is 0. The van der Waals surface area contributed by atoms with Crippen LogP contribution in [0.3, 0.4) is 0 Å². The predicted molar refractivity (Wildman–Crippen MR) is 91.7 cm³/mol. The lowest BCUT2D eigenvalue weighted by Gasteiger charge is -2.51. The van der Waals surface area contributed by atoms with Crippen molar-refractivity contribution in [2.24, 2.45) is 0 Å². The number of aliphatic hydroxyl groups is 8. The van der Waals surface area contributed by atoms with Crippen LogP contribution in [-0.2, 0) is 14.2 Å². The molecule has 11 nitrogen and oxygen atoms in total. The summed E-state index contributed by atoms with van der Waals surface area (Å²) in [5.74, 6) is -4.32. The molecular weight excluding hydrogens is 380 g/mol. The highest BCUT2D eigenvalue weighted by atomic mass is 16.8. The van der Waals surface area contributed by atoms with Gasteiger partial charge in [0.1, 0.15) is 49.3 Å². The smallest absolute Gasteiger partial charge is 0.224 e. The summed E-state index contributed by atoms with van der Waals surface area (Å²) < 4.78 is 16.7. The van der Waals surface area contributed by atoms with E-state index < -0.39 is 74.1 Å². The van der Waals surface area contributed by atoms with E-state index in [2.05, 4.69) is 0 Å². The van der Waals surface area contributed by atoms with Crippen molar-refractivity contribution in [3.05, 3.63) is 0 Å². The van der Waals surface area contributed by atoms with Crippen LogP contribution in [-0.4, -0.2) is 115 Å². The minimum Gasteiger partial charge on any atom is -0.394 e. The van der Waals surface area contributed by atoms with E-state index in [-0.39, 0.29) is 6.42 Å². The second-order valence-electron chi connectivity index (χ2n) is 7.38. The van der Waals surface area contributed by atoms with Gasteiger partial charge in [-0.1, -0.05) is 19.8 Å². The minimum atomic E-state index is -2.26. The first-order valence-corrected chi connectivity index (χ1v) is 9.50. The monoisotopic (exact) mass is 412 g/mol. The van der Waals surface area contributed by atoms with Gasteiger partial charge in [0, 0.05) is 6.42 Å². The summed E-state index contributed by atoms with van der Waals surface area (Å²) in [6.45, 7) is -0.394. The van der Waals surface area contributed by atoms with Gasteiger partial charge in [0.25, 0.3) is 0 Å². The molecule has 0 aliphatic carbocycles. The van der Waals surface area contributed by atoms with Crippen LogP contribution in [0, 0.1) is 0 Å². The summed E-state index contributed by atoms with van der Waals surface area (Å²) in [5.41, 5.74) is 0. The maximum Gasteiger partial charge on any atom is 0.224 e. The van der Waals surface area contributed by atoms with Gasteiger partial charge in [-0.2, -0.15) is 0 Å². The van der Waals surface area contributed by atoms with Crippen molar-refractivity contribution in [2.75, 3.05) is 19.8 Å². The fraction of sp³-hybridized carbons (Fsp3) is 1.00. The van der Waals surface area contributed by atoms with Gasteiger partial charge in [-0.05, 0) is 6.42 Å². The van der Waals surface area contributed by atoms with E-state index in [0.29, 0.717) is 12.8 Å². The normalized spacial score (nSPS) is 46.8. The molecule has 0 spiro atoms. The van der Waals surface area contributed by atoms with Crippen LogP contribution in [0.15, 0.2) is 0 Å². The average Bonchev–Trinajstić information content (AvgIpc) is 2.94. The molecule has 2 rings (SSSR count). The first-order chi connectivity index (χ1) is 13.2. The number of aliphatic hydroxyl groups excluding tert-OH is 8. The van der Waals surface area contributed by atoms with Crippen LogP contribution in [0.1, 0.15) is 32.6 Å². The third kappa shape index (κ3) is 4.20. The Morgan fingerprint density at radius 1 is 0.750 bits per heavy atom. The number of unbranched alkanes of at least 4 members (excludes halogenated alkanes) is 2. The standard InChI is InChI=1S/C17H32O11/c1-2-3-4-5-16(15(25)13(23)11(21)9(6-18)26-16)28-17(8-20)14(24)12(22)10(7-19)27-17/h9-15,18-25H,2-8H2,1H3/t9-,10-,11-,12-,13+,14+,15-,16+,17?/m1/s1. The molecule has 0 aromatic carbocycles. The second-order valence-corrected chi connectivity index (χ2v) is 7.38. The molecule has 9 atom stereocenters. The van der Waals surface area contributed by atoms with E-state index >= 15 is 0 Å². The Morgan fingerprint density at radius 3 is 1.79 bits per heavy atom. The highest BCUT2D eigenvalue weighted by Gasteiger charge is 2.63. The Labute approximate surface area is 162 Å². The first-order valence-electron chi connectivity index (χ1n) is 9.50. The quantitative estimate of drug-likeness (QED) is 0.176. The summed E-state index contributed by atoms with van der Waals surface area (Å²) in [6.07, 6.45) is -9.21. The molecule has 0 saturated carbocycles.